The Hall–Kier alpha value is -2.09. The van der Waals surface area contributed by atoms with Crippen LogP contribution in [0, 0.1) is 13.8 Å². The van der Waals surface area contributed by atoms with Crippen molar-refractivity contribution in [2.24, 2.45) is 0 Å². The molecule has 152 valence electrons. The molecule has 8 heteroatoms. The molecule has 2 rings (SSSR count). The molecule has 0 fully saturated rings. The van der Waals surface area contributed by atoms with Gasteiger partial charge in [0.1, 0.15) is 4.90 Å². The monoisotopic (exact) mass is 424 g/mol. The predicted molar refractivity (Wildman–Crippen MR) is 112 cm³/mol. The van der Waals surface area contributed by atoms with Crippen LogP contribution in [0.25, 0.3) is 0 Å². The first kappa shape index (κ1) is 22.2. The lowest BCUT2D eigenvalue weighted by molar-refractivity contribution is 0.0944. The number of amides is 1. The predicted octanol–water partition coefficient (Wildman–Crippen LogP) is 3.91. The van der Waals surface area contributed by atoms with E-state index in [2.05, 4.69) is 10.0 Å². The molecular weight excluding hydrogens is 400 g/mol. The zero-order valence-electron chi connectivity index (χ0n) is 16.2. The molecule has 0 aliphatic carbocycles. The molecule has 0 aliphatic rings. The third-order valence-corrected chi connectivity index (χ3v) is 5.92. The van der Waals surface area contributed by atoms with Crippen molar-refractivity contribution in [2.45, 2.75) is 32.1 Å². The Morgan fingerprint density at radius 2 is 1.89 bits per heavy atom. The molecule has 0 saturated heterocycles. The number of hydrogen-bond acceptors (Lipinski definition) is 4. The summed E-state index contributed by atoms with van der Waals surface area (Å²) in [6.45, 7) is 7.20. The van der Waals surface area contributed by atoms with E-state index in [1.54, 1.807) is 6.07 Å². The Balaban J connectivity index is 2.19. The number of nitrogens with one attached hydrogen (secondary N) is 2. The zero-order chi connectivity index (χ0) is 20.7. The second-order valence-corrected chi connectivity index (χ2v) is 8.43. The van der Waals surface area contributed by atoms with Crippen molar-refractivity contribution < 1.29 is 17.9 Å². The molecule has 0 saturated carbocycles. The fourth-order valence-electron chi connectivity index (χ4n) is 2.52. The summed E-state index contributed by atoms with van der Waals surface area (Å²) in [5.74, 6) is -0.364. The number of aryl methyl sites for hydroxylation is 2. The van der Waals surface area contributed by atoms with Gasteiger partial charge < -0.3 is 10.1 Å². The molecule has 0 bridgehead atoms. The highest BCUT2D eigenvalue weighted by Gasteiger charge is 2.21. The van der Waals surface area contributed by atoms with Crippen LogP contribution < -0.4 is 10.0 Å². The molecule has 6 nitrogen and oxygen atoms in total. The van der Waals surface area contributed by atoms with Crippen molar-refractivity contribution in [3.8, 4) is 0 Å². The number of ether oxygens (including phenoxy) is 1. The first-order valence-corrected chi connectivity index (χ1v) is 10.9. The van der Waals surface area contributed by atoms with Crippen molar-refractivity contribution in [1.29, 1.82) is 0 Å². The van der Waals surface area contributed by atoms with E-state index in [9.17, 15) is 13.2 Å². The van der Waals surface area contributed by atoms with E-state index < -0.39 is 10.0 Å². The fraction of sp³-hybridized carbons (Fsp3) is 0.350. The lowest BCUT2D eigenvalue weighted by Gasteiger charge is -2.13. The highest BCUT2D eigenvalue weighted by atomic mass is 35.5. The molecule has 28 heavy (non-hydrogen) atoms. The lowest BCUT2D eigenvalue weighted by atomic mass is 10.1. The maximum atomic E-state index is 12.8. The van der Waals surface area contributed by atoms with Crippen molar-refractivity contribution in [3.63, 3.8) is 0 Å². The Morgan fingerprint density at radius 3 is 2.61 bits per heavy atom. The van der Waals surface area contributed by atoms with Crippen molar-refractivity contribution in [3.05, 3.63) is 58.1 Å². The van der Waals surface area contributed by atoms with Crippen LogP contribution >= 0.6 is 11.6 Å². The number of carbonyl (C=O) groups excluding carboxylic acids is 1. The lowest BCUT2D eigenvalue weighted by Crippen LogP contribution is -2.25. The van der Waals surface area contributed by atoms with Crippen LogP contribution in [0.5, 0.6) is 0 Å². The first-order chi connectivity index (χ1) is 13.2. The van der Waals surface area contributed by atoms with E-state index in [0.717, 1.165) is 11.1 Å². The fourth-order valence-corrected chi connectivity index (χ4v) is 4.17. The summed E-state index contributed by atoms with van der Waals surface area (Å²) in [4.78, 5) is 12.2. The molecule has 0 radical (unpaired) electrons. The summed E-state index contributed by atoms with van der Waals surface area (Å²) in [7, 11) is -3.95. The Kier molecular flexibility index (Phi) is 7.86. The van der Waals surface area contributed by atoms with E-state index >= 15 is 0 Å². The minimum Gasteiger partial charge on any atom is -0.382 e. The zero-order valence-corrected chi connectivity index (χ0v) is 17.8. The maximum absolute atomic E-state index is 12.8. The van der Waals surface area contributed by atoms with Gasteiger partial charge in [-0.1, -0.05) is 23.7 Å². The molecule has 0 unspecified atom stereocenters. The van der Waals surface area contributed by atoms with Crippen LogP contribution in [0.2, 0.25) is 5.02 Å². The minimum atomic E-state index is -3.95. The maximum Gasteiger partial charge on any atom is 0.263 e. The number of hydrogen-bond donors (Lipinski definition) is 2. The van der Waals surface area contributed by atoms with Gasteiger partial charge in [0.15, 0.2) is 0 Å². The van der Waals surface area contributed by atoms with Gasteiger partial charge in [-0.2, -0.15) is 0 Å². The van der Waals surface area contributed by atoms with Gasteiger partial charge >= 0.3 is 0 Å². The van der Waals surface area contributed by atoms with Crippen LogP contribution in [0.4, 0.5) is 5.69 Å². The van der Waals surface area contributed by atoms with Gasteiger partial charge in [0, 0.05) is 25.3 Å². The molecule has 0 heterocycles. The summed E-state index contributed by atoms with van der Waals surface area (Å²) in [5, 5.41) is 2.79. The van der Waals surface area contributed by atoms with Crippen molar-refractivity contribution in [2.75, 3.05) is 24.5 Å². The van der Waals surface area contributed by atoms with Crippen LogP contribution in [0.3, 0.4) is 0 Å². The molecule has 0 spiro atoms. The van der Waals surface area contributed by atoms with E-state index in [1.807, 2.05) is 32.9 Å². The summed E-state index contributed by atoms with van der Waals surface area (Å²) in [5.41, 5.74) is 2.41. The highest BCUT2D eigenvalue weighted by Crippen LogP contribution is 2.26. The van der Waals surface area contributed by atoms with Gasteiger partial charge in [0.25, 0.3) is 15.9 Å². The number of rotatable bonds is 9. The first-order valence-electron chi connectivity index (χ1n) is 9.00. The van der Waals surface area contributed by atoms with Gasteiger partial charge in [0.05, 0.1) is 10.7 Å². The van der Waals surface area contributed by atoms with E-state index in [-0.39, 0.29) is 21.4 Å². The molecular formula is C20H25ClN2O4S. The topological polar surface area (TPSA) is 84.5 Å². The Morgan fingerprint density at radius 1 is 1.14 bits per heavy atom. The van der Waals surface area contributed by atoms with Crippen LogP contribution in [-0.4, -0.2) is 34.1 Å². The third kappa shape index (κ3) is 5.95. The second-order valence-electron chi connectivity index (χ2n) is 6.38. The van der Waals surface area contributed by atoms with Crippen LogP contribution in [0.1, 0.15) is 34.8 Å². The van der Waals surface area contributed by atoms with Gasteiger partial charge in [-0.25, -0.2) is 8.42 Å². The SMILES string of the molecule is CCOCCCNC(=O)c1ccc(Cl)c(S(=O)(=O)Nc2cc(C)ccc2C)c1. The summed E-state index contributed by atoms with van der Waals surface area (Å²) in [6.07, 6.45) is 0.673. The van der Waals surface area contributed by atoms with Gasteiger partial charge in [-0.05, 0) is 62.6 Å². The van der Waals surface area contributed by atoms with E-state index in [1.165, 1.54) is 18.2 Å². The van der Waals surface area contributed by atoms with Crippen molar-refractivity contribution >= 4 is 33.2 Å². The van der Waals surface area contributed by atoms with Crippen LogP contribution in [-0.2, 0) is 14.8 Å². The largest absolute Gasteiger partial charge is 0.382 e. The van der Waals surface area contributed by atoms with Gasteiger partial charge in [-0.3, -0.25) is 9.52 Å². The Labute approximate surface area is 171 Å². The van der Waals surface area contributed by atoms with Crippen molar-refractivity contribution in [1.82, 2.24) is 5.32 Å². The third-order valence-electron chi connectivity index (χ3n) is 4.08. The molecule has 1 amide bonds. The molecule has 0 aromatic heterocycles. The quantitative estimate of drug-likeness (QED) is 0.597. The van der Waals surface area contributed by atoms with E-state index in [4.69, 9.17) is 16.3 Å². The average molecular weight is 425 g/mol. The summed E-state index contributed by atoms with van der Waals surface area (Å²) >= 11 is 6.12. The molecule has 2 aromatic carbocycles. The smallest absolute Gasteiger partial charge is 0.263 e. The molecule has 0 aliphatic heterocycles. The number of carbonyl (C=O) groups is 1. The second kappa shape index (κ2) is 9.91. The Bertz CT molecular complexity index is 945. The molecule has 2 N–H and O–H groups in total. The van der Waals surface area contributed by atoms with Gasteiger partial charge in [0.2, 0.25) is 0 Å². The van der Waals surface area contributed by atoms with E-state index in [0.29, 0.717) is 31.9 Å². The number of benzene rings is 2. The molecule has 2 aromatic rings. The van der Waals surface area contributed by atoms with Crippen LogP contribution in [0.15, 0.2) is 41.3 Å². The standard InChI is InChI=1S/C20H25ClN2O4S/c1-4-27-11-5-10-22-20(24)16-8-9-17(21)19(13-16)28(25,26)23-18-12-14(2)6-7-15(18)3/h6-9,12-13,23H,4-5,10-11H2,1-3H3,(H,22,24). The number of sulfonamides is 1. The summed E-state index contributed by atoms with van der Waals surface area (Å²) in [6, 6.07) is 9.67. The van der Waals surface area contributed by atoms with Gasteiger partial charge in [-0.15, -0.1) is 0 Å². The normalized spacial score (nSPS) is 11.3. The average Bonchev–Trinajstić information content (AvgIpc) is 2.64. The highest BCUT2D eigenvalue weighted by molar-refractivity contribution is 7.92. The number of halogens is 1. The minimum absolute atomic E-state index is 0.0469. The summed E-state index contributed by atoms with van der Waals surface area (Å²) < 4.78 is 33.5. The number of anilines is 1. The molecule has 0 atom stereocenters.